The van der Waals surface area contributed by atoms with E-state index in [1.165, 1.54) is 44.6 Å². The van der Waals surface area contributed by atoms with Crippen LogP contribution in [-0.2, 0) is 6.18 Å². The molecule has 0 aliphatic heterocycles. The number of carbonyl (C=O) groups excluding carboxylic acids is 1. The summed E-state index contributed by atoms with van der Waals surface area (Å²) in [7, 11) is 2.78. The molecule has 2 aromatic carbocycles. The van der Waals surface area contributed by atoms with E-state index in [-0.39, 0.29) is 17.1 Å². The number of alkyl halides is 3. The topological polar surface area (TPSA) is 78.3 Å². The number of aromatic nitrogens is 3. The number of anilines is 1. The molecular formula is C18H14F4N4O3. The smallest absolute Gasteiger partial charge is 0.435 e. The predicted molar refractivity (Wildman–Crippen MR) is 93.8 cm³/mol. The highest BCUT2D eigenvalue weighted by Gasteiger charge is 2.42. The van der Waals surface area contributed by atoms with Gasteiger partial charge in [0.15, 0.2) is 22.9 Å². The number of ether oxygens (including phenoxy) is 2. The molecule has 3 rings (SSSR count). The van der Waals surface area contributed by atoms with E-state index in [0.717, 1.165) is 12.1 Å². The van der Waals surface area contributed by atoms with Crippen molar-refractivity contribution < 1.29 is 31.8 Å². The van der Waals surface area contributed by atoms with Gasteiger partial charge in [-0.3, -0.25) is 4.79 Å². The maximum atomic E-state index is 13.6. The van der Waals surface area contributed by atoms with Crippen molar-refractivity contribution in [3.63, 3.8) is 0 Å². The summed E-state index contributed by atoms with van der Waals surface area (Å²) < 4.78 is 64.8. The van der Waals surface area contributed by atoms with Gasteiger partial charge in [-0.15, -0.1) is 5.10 Å². The first-order chi connectivity index (χ1) is 13.7. The number of hydrogen-bond donors (Lipinski definition) is 1. The molecule has 1 amide bonds. The standard InChI is InChI=1S/C18H14F4N4O3/c1-28-13-7-6-11(9-14(13)29-2)23-17(27)15-16(18(20,21)22)26(25-24-15)12-5-3-4-10(19)8-12/h3-9H,1-2H3,(H,23,27). The second-order valence-corrected chi connectivity index (χ2v) is 5.70. The quantitative estimate of drug-likeness (QED) is 0.649. The Bertz CT molecular complexity index is 1050. The van der Waals surface area contributed by atoms with Gasteiger partial charge in [0.1, 0.15) is 5.82 Å². The lowest BCUT2D eigenvalue weighted by Crippen LogP contribution is -2.21. The molecule has 11 heteroatoms. The predicted octanol–water partition coefficient (Wildman–Crippen LogP) is 3.69. The van der Waals surface area contributed by atoms with Crippen LogP contribution in [-0.4, -0.2) is 35.1 Å². The van der Waals surface area contributed by atoms with Gasteiger partial charge >= 0.3 is 6.18 Å². The zero-order chi connectivity index (χ0) is 21.2. The van der Waals surface area contributed by atoms with Crippen molar-refractivity contribution in [2.45, 2.75) is 6.18 Å². The lowest BCUT2D eigenvalue weighted by molar-refractivity contribution is -0.143. The fraction of sp³-hybridized carbons (Fsp3) is 0.167. The molecular weight excluding hydrogens is 396 g/mol. The monoisotopic (exact) mass is 410 g/mol. The number of carbonyl (C=O) groups is 1. The van der Waals surface area contributed by atoms with Crippen molar-refractivity contribution >= 4 is 11.6 Å². The summed E-state index contributed by atoms with van der Waals surface area (Å²) >= 11 is 0. The molecule has 0 aliphatic carbocycles. The number of hydrogen-bond acceptors (Lipinski definition) is 5. The zero-order valence-corrected chi connectivity index (χ0v) is 15.1. The summed E-state index contributed by atoms with van der Waals surface area (Å²) in [6.07, 6.45) is -4.97. The zero-order valence-electron chi connectivity index (χ0n) is 15.1. The van der Waals surface area contributed by atoms with Crippen LogP contribution < -0.4 is 14.8 Å². The van der Waals surface area contributed by atoms with Gasteiger partial charge in [0.05, 0.1) is 19.9 Å². The van der Waals surface area contributed by atoms with Gasteiger partial charge in [0.2, 0.25) is 0 Å². The van der Waals surface area contributed by atoms with Crippen LogP contribution in [0.15, 0.2) is 42.5 Å². The number of amides is 1. The highest BCUT2D eigenvalue weighted by atomic mass is 19.4. The van der Waals surface area contributed by atoms with Crippen LogP contribution in [0.3, 0.4) is 0 Å². The van der Waals surface area contributed by atoms with Crippen LogP contribution in [0.2, 0.25) is 0 Å². The van der Waals surface area contributed by atoms with E-state index in [1.54, 1.807) is 0 Å². The Labute approximate surface area is 161 Å². The third-order valence-electron chi connectivity index (χ3n) is 3.85. The molecule has 0 aliphatic rings. The Morgan fingerprint density at radius 3 is 2.41 bits per heavy atom. The number of nitrogens with one attached hydrogen (secondary N) is 1. The van der Waals surface area contributed by atoms with Gasteiger partial charge in [-0.2, -0.15) is 13.2 Å². The lowest BCUT2D eigenvalue weighted by atomic mass is 10.2. The summed E-state index contributed by atoms with van der Waals surface area (Å²) in [5.41, 5.74) is -2.46. The van der Waals surface area contributed by atoms with Crippen molar-refractivity contribution in [1.29, 1.82) is 0 Å². The summed E-state index contributed by atoms with van der Waals surface area (Å²) in [4.78, 5) is 12.5. The normalized spacial score (nSPS) is 11.2. The molecule has 0 saturated heterocycles. The van der Waals surface area contributed by atoms with Crippen LogP contribution in [0.5, 0.6) is 11.5 Å². The average Bonchev–Trinajstić information content (AvgIpc) is 3.14. The Balaban J connectivity index is 1.99. The number of methoxy groups -OCH3 is 2. The van der Waals surface area contributed by atoms with Crippen molar-refractivity contribution in [3.8, 4) is 17.2 Å². The minimum Gasteiger partial charge on any atom is -0.493 e. The van der Waals surface area contributed by atoms with Crippen LogP contribution in [0.4, 0.5) is 23.2 Å². The molecule has 152 valence electrons. The van der Waals surface area contributed by atoms with E-state index in [1.807, 2.05) is 0 Å². The summed E-state index contributed by atoms with van der Waals surface area (Å²) in [5, 5.41) is 9.06. The minimum atomic E-state index is -4.97. The van der Waals surface area contributed by atoms with Crippen molar-refractivity contribution in [2.75, 3.05) is 19.5 Å². The second-order valence-electron chi connectivity index (χ2n) is 5.70. The SMILES string of the molecule is COc1ccc(NC(=O)c2nnn(-c3cccc(F)c3)c2C(F)(F)F)cc1OC. The fourth-order valence-electron chi connectivity index (χ4n) is 2.58. The molecule has 29 heavy (non-hydrogen) atoms. The highest BCUT2D eigenvalue weighted by Crippen LogP contribution is 2.34. The molecule has 7 nitrogen and oxygen atoms in total. The molecule has 0 atom stereocenters. The third-order valence-corrected chi connectivity index (χ3v) is 3.85. The van der Waals surface area contributed by atoms with Gasteiger partial charge in [0.25, 0.3) is 5.91 Å². The van der Waals surface area contributed by atoms with Gasteiger partial charge in [0, 0.05) is 11.8 Å². The van der Waals surface area contributed by atoms with Gasteiger partial charge in [-0.25, -0.2) is 9.07 Å². The highest BCUT2D eigenvalue weighted by molar-refractivity contribution is 6.04. The van der Waals surface area contributed by atoms with Crippen molar-refractivity contribution in [1.82, 2.24) is 15.0 Å². The Morgan fingerprint density at radius 1 is 1.07 bits per heavy atom. The number of rotatable bonds is 5. The molecule has 3 aromatic rings. The second kappa shape index (κ2) is 7.78. The van der Waals surface area contributed by atoms with Crippen molar-refractivity contribution in [3.05, 3.63) is 59.7 Å². The lowest BCUT2D eigenvalue weighted by Gasteiger charge is -2.12. The first-order valence-electron chi connectivity index (χ1n) is 8.07. The van der Waals surface area contributed by atoms with E-state index in [9.17, 15) is 22.4 Å². The maximum Gasteiger partial charge on any atom is 0.435 e. The minimum absolute atomic E-state index is 0.154. The van der Waals surface area contributed by atoms with E-state index in [4.69, 9.17) is 9.47 Å². The van der Waals surface area contributed by atoms with E-state index < -0.39 is 29.3 Å². The summed E-state index contributed by atoms with van der Waals surface area (Å²) in [6, 6.07) is 8.62. The Morgan fingerprint density at radius 2 is 1.79 bits per heavy atom. The molecule has 0 unspecified atom stereocenters. The van der Waals surface area contributed by atoms with Crippen LogP contribution in [0.25, 0.3) is 5.69 Å². The molecule has 1 N–H and O–H groups in total. The van der Waals surface area contributed by atoms with E-state index in [2.05, 4.69) is 15.6 Å². The van der Waals surface area contributed by atoms with Gasteiger partial charge in [-0.1, -0.05) is 11.3 Å². The molecule has 0 spiro atoms. The van der Waals surface area contributed by atoms with Crippen LogP contribution in [0.1, 0.15) is 16.2 Å². The van der Waals surface area contributed by atoms with Gasteiger partial charge < -0.3 is 14.8 Å². The first kappa shape index (κ1) is 20.1. The third kappa shape index (κ3) is 4.13. The molecule has 0 fully saturated rings. The van der Waals surface area contributed by atoms with Crippen molar-refractivity contribution in [2.24, 2.45) is 0 Å². The summed E-state index contributed by atoms with van der Waals surface area (Å²) in [5.74, 6) is -1.27. The molecule has 1 aromatic heterocycles. The number of halogens is 4. The fourth-order valence-corrected chi connectivity index (χ4v) is 2.58. The molecule has 0 bridgehead atoms. The van der Waals surface area contributed by atoms with E-state index >= 15 is 0 Å². The van der Waals surface area contributed by atoms with Gasteiger partial charge in [-0.05, 0) is 30.3 Å². The first-order valence-corrected chi connectivity index (χ1v) is 8.07. The maximum absolute atomic E-state index is 13.6. The van der Waals surface area contributed by atoms with Crippen LogP contribution in [0, 0.1) is 5.82 Å². The largest absolute Gasteiger partial charge is 0.493 e. The number of benzene rings is 2. The van der Waals surface area contributed by atoms with Crippen LogP contribution >= 0.6 is 0 Å². The number of nitrogens with zero attached hydrogens (tertiary/aromatic N) is 3. The molecule has 0 saturated carbocycles. The average molecular weight is 410 g/mol. The summed E-state index contributed by atoms with van der Waals surface area (Å²) in [6.45, 7) is 0. The molecule has 0 radical (unpaired) electrons. The Hall–Kier alpha value is -3.63. The Kier molecular flexibility index (Phi) is 5.39. The van der Waals surface area contributed by atoms with E-state index in [0.29, 0.717) is 10.4 Å². The molecule has 1 heterocycles.